The highest BCUT2D eigenvalue weighted by molar-refractivity contribution is 8.05. The fraction of sp³-hybridized carbons (Fsp3) is 0.143. The third-order valence-electron chi connectivity index (χ3n) is 3.13. The van der Waals surface area contributed by atoms with Gasteiger partial charge in [-0.05, 0) is 18.2 Å². The van der Waals surface area contributed by atoms with Gasteiger partial charge in [0.15, 0.2) is 0 Å². The van der Waals surface area contributed by atoms with Gasteiger partial charge in [0.25, 0.3) is 24.3 Å². The first-order chi connectivity index (χ1) is 10.2. The zero-order chi connectivity index (χ0) is 16.4. The minimum absolute atomic E-state index is 0.532. The van der Waals surface area contributed by atoms with E-state index in [1.165, 1.54) is 12.2 Å². The predicted molar refractivity (Wildman–Crippen MR) is 80.9 cm³/mol. The number of rotatable bonds is 2. The highest BCUT2D eigenvalue weighted by Crippen LogP contribution is 2.36. The van der Waals surface area contributed by atoms with Crippen LogP contribution in [0.15, 0.2) is 54.6 Å². The lowest BCUT2D eigenvalue weighted by Crippen LogP contribution is -2.50. The number of hydrogen-bond acceptors (Lipinski definition) is 4. The molecule has 1 aliphatic carbocycles. The summed E-state index contributed by atoms with van der Waals surface area (Å²) in [4.78, 5) is 0. The highest BCUT2D eigenvalue weighted by Gasteiger charge is 2.58. The van der Waals surface area contributed by atoms with Crippen molar-refractivity contribution in [1.82, 2.24) is 0 Å². The van der Waals surface area contributed by atoms with E-state index in [1.807, 2.05) is 0 Å². The van der Waals surface area contributed by atoms with Crippen LogP contribution in [0.5, 0.6) is 0 Å². The molecule has 2 N–H and O–H groups in total. The van der Waals surface area contributed by atoms with Crippen LogP contribution in [0.2, 0.25) is 0 Å². The molecule has 0 aromatic heterocycles. The second-order valence-corrected chi connectivity index (χ2v) is 8.04. The second-order valence-electron chi connectivity index (χ2n) is 4.53. The quantitative estimate of drug-likeness (QED) is 0.619. The molecule has 1 aromatic carbocycles. The van der Waals surface area contributed by atoms with Gasteiger partial charge >= 0.3 is 0 Å². The van der Waals surface area contributed by atoms with Crippen molar-refractivity contribution in [1.29, 1.82) is 0 Å². The van der Waals surface area contributed by atoms with E-state index in [-0.39, 0.29) is 0 Å². The number of benzene rings is 1. The van der Waals surface area contributed by atoms with Crippen molar-refractivity contribution in [2.45, 2.75) is 4.08 Å². The number of hydrogen-bond donors (Lipinski definition) is 2. The molecule has 8 heteroatoms. The van der Waals surface area contributed by atoms with E-state index < -0.39 is 30.2 Å². The fourth-order valence-corrected chi connectivity index (χ4v) is 4.54. The summed E-state index contributed by atoms with van der Waals surface area (Å²) in [6.45, 7) is 0. The molecular weight excluding hydrogens is 328 g/mol. The van der Waals surface area contributed by atoms with Crippen LogP contribution in [0.4, 0.5) is 0 Å². The maximum absolute atomic E-state index is 11.6. The molecule has 0 heterocycles. The van der Waals surface area contributed by atoms with Crippen LogP contribution in [0.3, 0.4) is 0 Å². The zero-order valence-corrected chi connectivity index (χ0v) is 12.8. The SMILES string of the molecule is O=S(=O)(O)C1(S(=O)(=O)O)C=CC=CC1C#Cc1ccccc1. The fourth-order valence-electron chi connectivity index (χ4n) is 2.06. The molecule has 0 spiro atoms. The van der Waals surface area contributed by atoms with Crippen LogP contribution in [-0.4, -0.2) is 30.0 Å². The van der Waals surface area contributed by atoms with Gasteiger partial charge in [-0.1, -0.05) is 48.3 Å². The van der Waals surface area contributed by atoms with Gasteiger partial charge in [0.2, 0.25) is 0 Å². The van der Waals surface area contributed by atoms with Crippen molar-refractivity contribution < 1.29 is 25.9 Å². The molecular formula is C14H12O6S2. The van der Waals surface area contributed by atoms with E-state index in [1.54, 1.807) is 30.3 Å². The Morgan fingerprint density at radius 2 is 1.55 bits per heavy atom. The minimum atomic E-state index is -5.18. The zero-order valence-electron chi connectivity index (χ0n) is 11.1. The van der Waals surface area contributed by atoms with Crippen molar-refractivity contribution in [3.63, 3.8) is 0 Å². The summed E-state index contributed by atoms with van der Waals surface area (Å²) < 4.78 is 62.4. The molecule has 1 aliphatic rings. The van der Waals surface area contributed by atoms with E-state index in [4.69, 9.17) is 0 Å². The van der Waals surface area contributed by atoms with Gasteiger partial charge in [0.05, 0.1) is 5.92 Å². The van der Waals surface area contributed by atoms with Crippen molar-refractivity contribution in [3.8, 4) is 11.8 Å². The van der Waals surface area contributed by atoms with Gasteiger partial charge in [-0.15, -0.1) is 0 Å². The standard InChI is InChI=1S/C14H12O6S2/c15-21(16,17)14(22(18,19)20)11-5-4-8-13(14)10-9-12-6-2-1-3-7-12/h1-8,11,13H,(H,15,16,17)(H,18,19,20). The van der Waals surface area contributed by atoms with Gasteiger partial charge in [-0.2, -0.15) is 16.8 Å². The molecule has 0 saturated heterocycles. The van der Waals surface area contributed by atoms with Gasteiger partial charge in [-0.25, -0.2) is 0 Å². The van der Waals surface area contributed by atoms with Crippen molar-refractivity contribution >= 4 is 20.2 Å². The van der Waals surface area contributed by atoms with Crippen LogP contribution >= 0.6 is 0 Å². The summed E-state index contributed by atoms with van der Waals surface area (Å²) in [7, 11) is -10.4. The Morgan fingerprint density at radius 1 is 0.955 bits per heavy atom. The Balaban J connectivity index is 2.61. The first-order valence-electron chi connectivity index (χ1n) is 6.05. The maximum Gasteiger partial charge on any atom is 0.293 e. The highest BCUT2D eigenvalue weighted by atomic mass is 32.3. The van der Waals surface area contributed by atoms with E-state index in [0.29, 0.717) is 11.6 Å². The topological polar surface area (TPSA) is 109 Å². The van der Waals surface area contributed by atoms with Crippen LogP contribution in [-0.2, 0) is 20.2 Å². The predicted octanol–water partition coefficient (Wildman–Crippen LogP) is 1.25. The Morgan fingerprint density at radius 3 is 2.09 bits per heavy atom. The Bertz CT molecular complexity index is 852. The minimum Gasteiger partial charge on any atom is -0.284 e. The molecule has 1 unspecified atom stereocenters. The lowest BCUT2D eigenvalue weighted by atomic mass is 9.99. The monoisotopic (exact) mass is 340 g/mol. The van der Waals surface area contributed by atoms with Crippen LogP contribution in [0.1, 0.15) is 5.56 Å². The molecule has 6 nitrogen and oxygen atoms in total. The van der Waals surface area contributed by atoms with Crippen molar-refractivity contribution in [3.05, 3.63) is 60.2 Å². The third kappa shape index (κ3) is 2.84. The van der Waals surface area contributed by atoms with Crippen LogP contribution in [0, 0.1) is 17.8 Å². The molecule has 0 aliphatic heterocycles. The van der Waals surface area contributed by atoms with Gasteiger partial charge in [0.1, 0.15) is 0 Å². The molecule has 1 atom stereocenters. The van der Waals surface area contributed by atoms with E-state index in [2.05, 4.69) is 11.8 Å². The third-order valence-corrected chi connectivity index (χ3v) is 6.79. The second kappa shape index (κ2) is 5.70. The molecule has 22 heavy (non-hydrogen) atoms. The lowest BCUT2D eigenvalue weighted by Gasteiger charge is -2.29. The Labute approximate surface area is 128 Å². The molecule has 2 rings (SSSR count). The summed E-state index contributed by atoms with van der Waals surface area (Å²) >= 11 is 0. The molecule has 0 fully saturated rings. The molecule has 0 bridgehead atoms. The summed E-state index contributed by atoms with van der Waals surface area (Å²) in [5, 5.41) is 0. The Hall–Kier alpha value is -1.92. The van der Waals surface area contributed by atoms with Crippen LogP contribution < -0.4 is 0 Å². The van der Waals surface area contributed by atoms with Crippen LogP contribution in [0.25, 0.3) is 0 Å². The van der Waals surface area contributed by atoms with Crippen molar-refractivity contribution in [2.24, 2.45) is 5.92 Å². The number of allylic oxidation sites excluding steroid dienone is 3. The van der Waals surface area contributed by atoms with E-state index in [0.717, 1.165) is 6.08 Å². The average molecular weight is 340 g/mol. The normalized spacial score (nSPS) is 20.2. The smallest absolute Gasteiger partial charge is 0.284 e. The van der Waals surface area contributed by atoms with Gasteiger partial charge in [0, 0.05) is 5.56 Å². The molecule has 116 valence electrons. The van der Waals surface area contributed by atoms with E-state index >= 15 is 0 Å². The first kappa shape index (κ1) is 16.5. The lowest BCUT2D eigenvalue weighted by molar-refractivity contribution is 0.426. The Kier molecular flexibility index (Phi) is 4.26. The summed E-state index contributed by atoms with van der Waals surface area (Å²) in [6, 6.07) is 8.48. The summed E-state index contributed by atoms with van der Waals surface area (Å²) in [5.74, 6) is 3.65. The molecule has 0 amide bonds. The summed E-state index contributed by atoms with van der Waals surface area (Å²) in [5.41, 5.74) is 0.532. The molecule has 0 radical (unpaired) electrons. The molecule has 0 saturated carbocycles. The van der Waals surface area contributed by atoms with Crippen molar-refractivity contribution in [2.75, 3.05) is 0 Å². The van der Waals surface area contributed by atoms with Gasteiger partial charge < -0.3 is 0 Å². The average Bonchev–Trinajstić information content (AvgIpc) is 2.44. The molecule has 1 aromatic rings. The summed E-state index contributed by atoms with van der Waals surface area (Å²) in [6.07, 6.45) is 4.40. The van der Waals surface area contributed by atoms with E-state index in [9.17, 15) is 25.9 Å². The maximum atomic E-state index is 11.6. The van der Waals surface area contributed by atoms with Gasteiger partial charge in [-0.3, -0.25) is 9.11 Å². The largest absolute Gasteiger partial charge is 0.293 e. The first-order valence-corrected chi connectivity index (χ1v) is 8.93.